The smallest absolute Gasteiger partial charge is 0.271 e. The molecule has 3 heterocycles. The van der Waals surface area contributed by atoms with Crippen LogP contribution in [0.5, 0.6) is 0 Å². The standard InChI is InChI=1S/C15H21N5O/c1-11(2)14-16-7-9-20(14)12-4-3-8-19(10-12)15(21)13-5-6-17-18-13/h5-7,9,11-12H,3-4,8,10H2,1-2H3,(H,17,18)/t12-/m0/s1. The van der Waals surface area contributed by atoms with Gasteiger partial charge in [0.1, 0.15) is 11.5 Å². The van der Waals surface area contributed by atoms with Gasteiger partial charge in [-0.05, 0) is 18.9 Å². The van der Waals surface area contributed by atoms with E-state index in [0.717, 1.165) is 31.8 Å². The summed E-state index contributed by atoms with van der Waals surface area (Å²) < 4.78 is 2.23. The first kappa shape index (κ1) is 13.9. The van der Waals surface area contributed by atoms with Crippen molar-refractivity contribution in [2.24, 2.45) is 0 Å². The number of amides is 1. The van der Waals surface area contributed by atoms with Crippen molar-refractivity contribution in [1.82, 2.24) is 24.6 Å². The number of likely N-dealkylation sites (tertiary alicyclic amines) is 1. The first-order chi connectivity index (χ1) is 10.2. The predicted molar refractivity (Wildman–Crippen MR) is 79.1 cm³/mol. The summed E-state index contributed by atoms with van der Waals surface area (Å²) in [6, 6.07) is 2.04. The highest BCUT2D eigenvalue weighted by atomic mass is 16.2. The van der Waals surface area contributed by atoms with E-state index in [4.69, 9.17) is 0 Å². The number of carbonyl (C=O) groups is 1. The summed E-state index contributed by atoms with van der Waals surface area (Å²) in [7, 11) is 0. The molecule has 0 radical (unpaired) electrons. The summed E-state index contributed by atoms with van der Waals surface area (Å²) in [6.45, 7) is 5.83. The van der Waals surface area contributed by atoms with E-state index in [1.54, 1.807) is 12.3 Å². The molecule has 1 aliphatic heterocycles. The van der Waals surface area contributed by atoms with Crippen molar-refractivity contribution in [3.8, 4) is 0 Å². The molecule has 0 spiro atoms. The average Bonchev–Trinajstić information content (AvgIpc) is 3.17. The zero-order chi connectivity index (χ0) is 14.8. The molecular formula is C15H21N5O. The van der Waals surface area contributed by atoms with Crippen molar-refractivity contribution in [2.45, 2.75) is 38.6 Å². The van der Waals surface area contributed by atoms with Gasteiger partial charge in [0.2, 0.25) is 0 Å². The van der Waals surface area contributed by atoms with E-state index in [1.165, 1.54) is 0 Å². The highest BCUT2D eigenvalue weighted by Crippen LogP contribution is 2.26. The minimum absolute atomic E-state index is 0.0309. The van der Waals surface area contributed by atoms with Gasteiger partial charge in [0.25, 0.3) is 5.91 Å². The molecule has 112 valence electrons. The van der Waals surface area contributed by atoms with E-state index in [9.17, 15) is 4.79 Å². The Bertz CT molecular complexity index is 601. The molecule has 1 saturated heterocycles. The number of hydrogen-bond donors (Lipinski definition) is 1. The van der Waals surface area contributed by atoms with Crippen molar-refractivity contribution in [1.29, 1.82) is 0 Å². The minimum Gasteiger partial charge on any atom is -0.335 e. The summed E-state index contributed by atoms with van der Waals surface area (Å²) in [5, 5.41) is 6.61. The number of piperidine rings is 1. The second kappa shape index (κ2) is 5.71. The summed E-state index contributed by atoms with van der Waals surface area (Å²) >= 11 is 0. The molecule has 2 aromatic rings. The van der Waals surface area contributed by atoms with Gasteiger partial charge in [-0.3, -0.25) is 9.89 Å². The van der Waals surface area contributed by atoms with Gasteiger partial charge in [0, 0.05) is 37.6 Å². The number of nitrogens with one attached hydrogen (secondary N) is 1. The van der Waals surface area contributed by atoms with E-state index in [1.807, 2.05) is 17.3 Å². The number of carbonyl (C=O) groups excluding carboxylic acids is 1. The van der Waals surface area contributed by atoms with E-state index in [2.05, 4.69) is 33.6 Å². The summed E-state index contributed by atoms with van der Waals surface area (Å²) in [6.07, 6.45) is 7.60. The molecule has 3 rings (SSSR count). The molecule has 6 heteroatoms. The van der Waals surface area contributed by atoms with E-state index in [-0.39, 0.29) is 5.91 Å². The van der Waals surface area contributed by atoms with Gasteiger partial charge in [-0.2, -0.15) is 5.10 Å². The minimum atomic E-state index is 0.0309. The van der Waals surface area contributed by atoms with Gasteiger partial charge in [-0.15, -0.1) is 0 Å². The molecular weight excluding hydrogens is 266 g/mol. The van der Waals surface area contributed by atoms with Gasteiger partial charge >= 0.3 is 0 Å². The van der Waals surface area contributed by atoms with Crippen LogP contribution in [-0.4, -0.2) is 43.6 Å². The lowest BCUT2D eigenvalue weighted by atomic mass is 10.0. The number of aromatic nitrogens is 4. The lowest BCUT2D eigenvalue weighted by Gasteiger charge is -2.34. The van der Waals surface area contributed by atoms with Crippen molar-refractivity contribution < 1.29 is 4.79 Å². The molecule has 0 aromatic carbocycles. The number of imidazole rings is 1. The maximum Gasteiger partial charge on any atom is 0.271 e. The maximum absolute atomic E-state index is 12.4. The lowest BCUT2D eigenvalue weighted by molar-refractivity contribution is 0.0671. The Morgan fingerprint density at radius 1 is 1.43 bits per heavy atom. The molecule has 6 nitrogen and oxygen atoms in total. The first-order valence-electron chi connectivity index (χ1n) is 7.48. The van der Waals surface area contributed by atoms with E-state index < -0.39 is 0 Å². The number of hydrogen-bond acceptors (Lipinski definition) is 3. The van der Waals surface area contributed by atoms with Crippen molar-refractivity contribution >= 4 is 5.91 Å². The fraction of sp³-hybridized carbons (Fsp3) is 0.533. The molecule has 1 N–H and O–H groups in total. The Labute approximate surface area is 124 Å². The van der Waals surface area contributed by atoms with Crippen molar-refractivity contribution in [3.63, 3.8) is 0 Å². The molecule has 1 atom stereocenters. The van der Waals surface area contributed by atoms with Crippen LogP contribution >= 0.6 is 0 Å². The van der Waals surface area contributed by atoms with Gasteiger partial charge in [0.05, 0.1) is 6.04 Å². The highest BCUT2D eigenvalue weighted by molar-refractivity contribution is 5.92. The van der Waals surface area contributed by atoms with Crippen LogP contribution in [0.15, 0.2) is 24.7 Å². The summed E-state index contributed by atoms with van der Waals surface area (Å²) in [4.78, 5) is 18.8. The predicted octanol–water partition coefficient (Wildman–Crippen LogP) is 2.21. The quantitative estimate of drug-likeness (QED) is 0.941. The molecule has 0 aliphatic carbocycles. The third-order valence-corrected chi connectivity index (χ3v) is 4.02. The largest absolute Gasteiger partial charge is 0.335 e. The van der Waals surface area contributed by atoms with Gasteiger partial charge in [-0.25, -0.2) is 4.98 Å². The van der Waals surface area contributed by atoms with Gasteiger partial charge in [-0.1, -0.05) is 13.8 Å². The maximum atomic E-state index is 12.4. The number of H-pyrrole nitrogens is 1. The second-order valence-electron chi connectivity index (χ2n) is 5.86. The Morgan fingerprint density at radius 3 is 3.00 bits per heavy atom. The van der Waals surface area contributed by atoms with Crippen LogP contribution in [0, 0.1) is 0 Å². The molecule has 21 heavy (non-hydrogen) atoms. The monoisotopic (exact) mass is 287 g/mol. The molecule has 0 bridgehead atoms. The third-order valence-electron chi connectivity index (χ3n) is 4.02. The lowest BCUT2D eigenvalue weighted by Crippen LogP contribution is -2.41. The average molecular weight is 287 g/mol. The Morgan fingerprint density at radius 2 is 2.29 bits per heavy atom. The molecule has 0 unspecified atom stereocenters. The molecule has 2 aromatic heterocycles. The number of nitrogens with zero attached hydrogens (tertiary/aromatic N) is 4. The van der Waals surface area contributed by atoms with Crippen molar-refractivity contribution in [2.75, 3.05) is 13.1 Å². The Balaban J connectivity index is 1.77. The number of rotatable bonds is 3. The first-order valence-corrected chi connectivity index (χ1v) is 7.48. The van der Waals surface area contributed by atoms with Gasteiger partial charge in [0.15, 0.2) is 0 Å². The van der Waals surface area contributed by atoms with Crippen LogP contribution in [0.4, 0.5) is 0 Å². The van der Waals surface area contributed by atoms with E-state index >= 15 is 0 Å². The molecule has 1 fully saturated rings. The summed E-state index contributed by atoms with van der Waals surface area (Å²) in [5.74, 6) is 1.51. The Hall–Kier alpha value is -2.11. The normalized spacial score (nSPS) is 19.2. The number of aromatic amines is 1. The van der Waals surface area contributed by atoms with Crippen molar-refractivity contribution in [3.05, 3.63) is 36.2 Å². The van der Waals surface area contributed by atoms with Crippen LogP contribution in [0.2, 0.25) is 0 Å². The molecule has 1 amide bonds. The van der Waals surface area contributed by atoms with Crippen LogP contribution in [0.1, 0.15) is 55.0 Å². The third kappa shape index (κ3) is 2.70. The van der Waals surface area contributed by atoms with Crippen LogP contribution in [0.3, 0.4) is 0 Å². The SMILES string of the molecule is CC(C)c1nccn1[C@H]1CCCN(C(=O)c2ccn[nH]2)C1. The second-order valence-corrected chi connectivity index (χ2v) is 5.86. The fourth-order valence-corrected chi connectivity index (χ4v) is 2.99. The summed E-state index contributed by atoms with van der Waals surface area (Å²) in [5.41, 5.74) is 0.561. The van der Waals surface area contributed by atoms with Crippen LogP contribution in [-0.2, 0) is 0 Å². The van der Waals surface area contributed by atoms with Crippen LogP contribution < -0.4 is 0 Å². The van der Waals surface area contributed by atoms with E-state index in [0.29, 0.717) is 17.7 Å². The molecule has 1 aliphatic rings. The topological polar surface area (TPSA) is 66.8 Å². The zero-order valence-corrected chi connectivity index (χ0v) is 12.5. The van der Waals surface area contributed by atoms with Crippen LogP contribution in [0.25, 0.3) is 0 Å². The zero-order valence-electron chi connectivity index (χ0n) is 12.5. The Kier molecular flexibility index (Phi) is 3.77. The van der Waals surface area contributed by atoms with Gasteiger partial charge < -0.3 is 9.47 Å². The molecule has 0 saturated carbocycles. The highest BCUT2D eigenvalue weighted by Gasteiger charge is 2.27. The fourth-order valence-electron chi connectivity index (χ4n) is 2.99.